The van der Waals surface area contributed by atoms with Crippen molar-refractivity contribution >= 4 is 15.8 Å². The molecule has 0 amide bonds. The fourth-order valence-electron chi connectivity index (χ4n) is 2.62. The topological polar surface area (TPSA) is 93.0 Å². The lowest BCUT2D eigenvalue weighted by atomic mass is 10.4. The molecule has 0 unspecified atom stereocenters. The molecule has 0 spiro atoms. The number of nitrogens with one attached hydrogen (secondary N) is 1. The molecule has 2 aromatic rings. The van der Waals surface area contributed by atoms with E-state index in [1.165, 1.54) is 10.6 Å². The van der Waals surface area contributed by atoms with E-state index in [9.17, 15) is 8.42 Å². The van der Waals surface area contributed by atoms with Crippen molar-refractivity contribution in [3.63, 3.8) is 0 Å². The first-order valence-corrected chi connectivity index (χ1v) is 9.31. The first-order valence-electron chi connectivity index (χ1n) is 7.46. The highest BCUT2D eigenvalue weighted by Crippen LogP contribution is 2.14. The van der Waals surface area contributed by atoms with Crippen LogP contribution >= 0.6 is 0 Å². The van der Waals surface area contributed by atoms with Crippen LogP contribution in [0, 0.1) is 6.92 Å². The van der Waals surface area contributed by atoms with Gasteiger partial charge < -0.3 is 9.88 Å². The maximum atomic E-state index is 11.7. The second-order valence-electron chi connectivity index (χ2n) is 5.64. The Morgan fingerprint density at radius 3 is 2.74 bits per heavy atom. The Morgan fingerprint density at radius 2 is 2.04 bits per heavy atom. The molecule has 8 nitrogen and oxygen atoms in total. The zero-order valence-electron chi connectivity index (χ0n) is 13.2. The standard InChI is InChI=1S/C14H20N6O2S/c1-11-3-4-13(18-17-11)15-9-12-10-16-14-5-6-19(23(2,21)22)7-8-20(12)14/h3-4,10H,5-9H2,1-2H3,(H,15,18). The number of aryl methyl sites for hydroxylation is 1. The summed E-state index contributed by atoms with van der Waals surface area (Å²) in [5.74, 6) is 1.63. The maximum absolute atomic E-state index is 11.7. The van der Waals surface area contributed by atoms with Crippen molar-refractivity contribution in [3.05, 3.63) is 35.5 Å². The number of nitrogens with zero attached hydrogens (tertiary/aromatic N) is 5. The van der Waals surface area contributed by atoms with E-state index in [1.807, 2.05) is 25.3 Å². The van der Waals surface area contributed by atoms with E-state index in [0.29, 0.717) is 38.4 Å². The molecule has 3 rings (SSSR count). The van der Waals surface area contributed by atoms with Gasteiger partial charge in [0.05, 0.1) is 30.4 Å². The predicted octanol–water partition coefficient (Wildman–Crippen LogP) is 0.411. The smallest absolute Gasteiger partial charge is 0.211 e. The zero-order chi connectivity index (χ0) is 16.4. The minimum absolute atomic E-state index is 0.472. The lowest BCUT2D eigenvalue weighted by molar-refractivity contribution is 0.417. The van der Waals surface area contributed by atoms with E-state index in [2.05, 4.69) is 25.1 Å². The van der Waals surface area contributed by atoms with Crippen LogP contribution in [0.1, 0.15) is 17.2 Å². The summed E-state index contributed by atoms with van der Waals surface area (Å²) < 4.78 is 27.0. The Kier molecular flexibility index (Phi) is 4.31. The quantitative estimate of drug-likeness (QED) is 0.869. The van der Waals surface area contributed by atoms with E-state index in [-0.39, 0.29) is 0 Å². The number of sulfonamides is 1. The second-order valence-corrected chi connectivity index (χ2v) is 7.63. The molecule has 0 radical (unpaired) electrons. The van der Waals surface area contributed by atoms with Gasteiger partial charge in [-0.1, -0.05) is 0 Å². The number of hydrogen-bond donors (Lipinski definition) is 1. The number of imidazole rings is 1. The maximum Gasteiger partial charge on any atom is 0.211 e. The Labute approximate surface area is 135 Å². The van der Waals surface area contributed by atoms with Crippen molar-refractivity contribution in [2.75, 3.05) is 24.7 Å². The fourth-order valence-corrected chi connectivity index (χ4v) is 3.46. The van der Waals surface area contributed by atoms with Crippen LogP contribution in [0.3, 0.4) is 0 Å². The van der Waals surface area contributed by atoms with Crippen LogP contribution in [0.5, 0.6) is 0 Å². The average molecular weight is 336 g/mol. The molecule has 0 bridgehead atoms. The summed E-state index contributed by atoms with van der Waals surface area (Å²) in [6, 6.07) is 3.78. The van der Waals surface area contributed by atoms with Crippen LogP contribution in [0.4, 0.5) is 5.82 Å². The lowest BCUT2D eigenvalue weighted by Gasteiger charge is -2.16. The summed E-state index contributed by atoms with van der Waals surface area (Å²) in [4.78, 5) is 4.43. The number of fused-ring (bicyclic) bond motifs is 1. The van der Waals surface area contributed by atoms with Crippen molar-refractivity contribution in [2.45, 2.75) is 26.4 Å². The van der Waals surface area contributed by atoms with E-state index in [1.54, 1.807) is 0 Å². The van der Waals surface area contributed by atoms with Gasteiger partial charge in [0.25, 0.3) is 0 Å². The molecule has 2 aromatic heterocycles. The lowest BCUT2D eigenvalue weighted by Crippen LogP contribution is -2.32. The molecule has 0 aliphatic carbocycles. The largest absolute Gasteiger partial charge is 0.363 e. The Balaban J connectivity index is 1.70. The summed E-state index contributed by atoms with van der Waals surface area (Å²) in [5, 5.41) is 11.3. The van der Waals surface area contributed by atoms with Gasteiger partial charge in [-0.05, 0) is 19.1 Å². The molecule has 0 saturated heterocycles. The molecule has 1 N–H and O–H groups in total. The van der Waals surface area contributed by atoms with Crippen LogP contribution in [0.15, 0.2) is 18.3 Å². The predicted molar refractivity (Wildman–Crippen MR) is 86.4 cm³/mol. The zero-order valence-corrected chi connectivity index (χ0v) is 14.0. The normalized spacial score (nSPS) is 15.9. The van der Waals surface area contributed by atoms with Gasteiger partial charge in [0.1, 0.15) is 11.6 Å². The SMILES string of the molecule is Cc1ccc(NCc2cnc3n2CCN(S(C)(=O)=O)CC3)nn1. The fraction of sp³-hybridized carbons (Fsp3) is 0.500. The number of hydrogen-bond acceptors (Lipinski definition) is 6. The highest BCUT2D eigenvalue weighted by molar-refractivity contribution is 7.88. The summed E-state index contributed by atoms with van der Waals surface area (Å²) in [6.07, 6.45) is 3.71. The van der Waals surface area contributed by atoms with Crippen LogP contribution in [-0.2, 0) is 29.5 Å². The van der Waals surface area contributed by atoms with Gasteiger partial charge in [-0.15, -0.1) is 5.10 Å². The Morgan fingerprint density at radius 1 is 1.22 bits per heavy atom. The molecule has 0 fully saturated rings. The van der Waals surface area contributed by atoms with E-state index in [0.717, 1.165) is 17.2 Å². The highest BCUT2D eigenvalue weighted by Gasteiger charge is 2.22. The summed E-state index contributed by atoms with van der Waals surface area (Å²) in [5.41, 5.74) is 1.88. The van der Waals surface area contributed by atoms with Crippen molar-refractivity contribution in [1.29, 1.82) is 0 Å². The van der Waals surface area contributed by atoms with Crippen molar-refractivity contribution in [3.8, 4) is 0 Å². The first-order chi connectivity index (χ1) is 10.9. The second kappa shape index (κ2) is 6.25. The Bertz CT molecular complexity index is 784. The third kappa shape index (κ3) is 3.67. The van der Waals surface area contributed by atoms with Crippen molar-refractivity contribution < 1.29 is 8.42 Å². The van der Waals surface area contributed by atoms with Gasteiger partial charge in [0, 0.05) is 26.1 Å². The van der Waals surface area contributed by atoms with Crippen LogP contribution in [0.2, 0.25) is 0 Å². The molecular formula is C14H20N6O2S. The molecule has 1 aliphatic heterocycles. The monoisotopic (exact) mass is 336 g/mol. The van der Waals surface area contributed by atoms with Gasteiger partial charge in [-0.3, -0.25) is 0 Å². The minimum Gasteiger partial charge on any atom is -0.363 e. The van der Waals surface area contributed by atoms with Crippen molar-refractivity contribution in [1.82, 2.24) is 24.1 Å². The van der Waals surface area contributed by atoms with Crippen LogP contribution in [0.25, 0.3) is 0 Å². The molecule has 3 heterocycles. The van der Waals surface area contributed by atoms with Crippen LogP contribution < -0.4 is 5.32 Å². The van der Waals surface area contributed by atoms with Gasteiger partial charge in [-0.2, -0.15) is 9.40 Å². The third-order valence-corrected chi connectivity index (χ3v) is 5.20. The summed E-state index contributed by atoms with van der Waals surface area (Å²) in [6.45, 7) is 4.02. The molecule has 1 aliphatic rings. The van der Waals surface area contributed by atoms with Crippen LogP contribution in [-0.4, -0.2) is 51.8 Å². The van der Waals surface area contributed by atoms with E-state index >= 15 is 0 Å². The van der Waals surface area contributed by atoms with Gasteiger partial charge >= 0.3 is 0 Å². The highest BCUT2D eigenvalue weighted by atomic mass is 32.2. The van der Waals surface area contributed by atoms with Crippen molar-refractivity contribution in [2.24, 2.45) is 0 Å². The third-order valence-electron chi connectivity index (χ3n) is 3.90. The number of anilines is 1. The molecule has 23 heavy (non-hydrogen) atoms. The molecule has 9 heteroatoms. The average Bonchev–Trinajstić information content (AvgIpc) is 2.74. The van der Waals surface area contributed by atoms with E-state index < -0.39 is 10.0 Å². The minimum atomic E-state index is -3.16. The van der Waals surface area contributed by atoms with Gasteiger partial charge in [-0.25, -0.2) is 13.4 Å². The molecule has 124 valence electrons. The summed E-state index contributed by atoms with van der Waals surface area (Å²) in [7, 11) is -3.16. The molecule has 0 atom stereocenters. The first kappa shape index (κ1) is 15.9. The molecule has 0 aromatic carbocycles. The molecular weight excluding hydrogens is 316 g/mol. The molecule has 0 saturated carbocycles. The Hall–Kier alpha value is -2.00. The van der Waals surface area contributed by atoms with E-state index in [4.69, 9.17) is 0 Å². The number of aromatic nitrogens is 4. The number of rotatable bonds is 4. The van der Waals surface area contributed by atoms with Gasteiger partial charge in [0.2, 0.25) is 10.0 Å². The summed E-state index contributed by atoms with van der Waals surface area (Å²) >= 11 is 0. The van der Waals surface area contributed by atoms with Gasteiger partial charge in [0.15, 0.2) is 0 Å².